The second-order valence-corrected chi connectivity index (χ2v) is 5.76. The lowest BCUT2D eigenvalue weighted by Gasteiger charge is -2.11. The zero-order valence-electron chi connectivity index (χ0n) is 13.4. The van der Waals surface area contributed by atoms with E-state index in [4.69, 9.17) is 9.47 Å². The van der Waals surface area contributed by atoms with Gasteiger partial charge >= 0.3 is 0 Å². The number of hydrogen-bond acceptors (Lipinski definition) is 4. The van der Waals surface area contributed by atoms with Crippen LogP contribution in [0.5, 0.6) is 11.5 Å². The van der Waals surface area contributed by atoms with Gasteiger partial charge in [0.15, 0.2) is 11.5 Å². The molecule has 120 valence electrons. The second-order valence-electron chi connectivity index (χ2n) is 5.76. The molecule has 1 amide bonds. The fourth-order valence-corrected chi connectivity index (χ4v) is 2.80. The number of carbonyl (C=O) groups excluding carboxylic acids is 1. The van der Waals surface area contributed by atoms with E-state index < -0.39 is 0 Å². The molecule has 24 heavy (non-hydrogen) atoms. The van der Waals surface area contributed by atoms with Gasteiger partial charge in [0.2, 0.25) is 6.79 Å². The zero-order chi connectivity index (χ0) is 16.7. The number of hydrazone groups is 1. The maximum atomic E-state index is 12.8. The smallest absolute Gasteiger partial charge is 0.280 e. The predicted molar refractivity (Wildman–Crippen MR) is 92.3 cm³/mol. The molecular weight excluding hydrogens is 304 g/mol. The molecule has 0 saturated heterocycles. The van der Waals surface area contributed by atoms with Crippen molar-refractivity contribution in [2.24, 2.45) is 5.10 Å². The quantitative estimate of drug-likeness (QED) is 0.795. The Hall–Kier alpha value is -3.08. The topological polar surface area (TPSA) is 51.1 Å². The number of amides is 1. The van der Waals surface area contributed by atoms with Gasteiger partial charge in [0.05, 0.1) is 17.0 Å². The summed E-state index contributed by atoms with van der Waals surface area (Å²) in [6.07, 6.45) is 1.86. The molecular formula is C19H16N2O3. The average Bonchev–Trinajstić information content (AvgIpc) is 3.14. The summed E-state index contributed by atoms with van der Waals surface area (Å²) in [5, 5.41) is 5.83. The second kappa shape index (κ2) is 5.53. The number of benzene rings is 2. The summed E-state index contributed by atoms with van der Waals surface area (Å²) in [7, 11) is 0. The number of anilines is 1. The minimum absolute atomic E-state index is 0.129. The van der Waals surface area contributed by atoms with Crippen molar-refractivity contribution >= 4 is 23.4 Å². The van der Waals surface area contributed by atoms with E-state index in [0.717, 1.165) is 22.6 Å². The third kappa shape index (κ3) is 2.34. The Morgan fingerprint density at radius 2 is 1.79 bits per heavy atom. The van der Waals surface area contributed by atoms with E-state index >= 15 is 0 Å². The standard InChI is InChI=1S/C19H16N2O3/c1-12-8-17-18(24-11-23-17)10-14(12)9-16-13(2)20-21(19(16)22)15-6-4-3-5-7-15/h3-10H,11H2,1-2H3/b16-9-. The summed E-state index contributed by atoms with van der Waals surface area (Å²) in [5.41, 5.74) is 3.98. The van der Waals surface area contributed by atoms with Crippen LogP contribution in [0.3, 0.4) is 0 Å². The summed E-state index contributed by atoms with van der Waals surface area (Å²) >= 11 is 0. The van der Waals surface area contributed by atoms with Gasteiger partial charge in [-0.25, -0.2) is 0 Å². The number of aryl methyl sites for hydroxylation is 1. The summed E-state index contributed by atoms with van der Waals surface area (Å²) < 4.78 is 10.8. The minimum Gasteiger partial charge on any atom is -0.454 e. The van der Waals surface area contributed by atoms with Gasteiger partial charge < -0.3 is 9.47 Å². The fraction of sp³-hybridized carbons (Fsp3) is 0.158. The van der Waals surface area contributed by atoms with E-state index in [9.17, 15) is 4.79 Å². The Morgan fingerprint density at radius 3 is 2.54 bits per heavy atom. The lowest BCUT2D eigenvalue weighted by molar-refractivity contribution is -0.114. The van der Waals surface area contributed by atoms with Crippen LogP contribution in [0.25, 0.3) is 6.08 Å². The van der Waals surface area contributed by atoms with Crippen molar-refractivity contribution in [1.82, 2.24) is 0 Å². The molecule has 0 saturated carbocycles. The first kappa shape index (κ1) is 14.5. The van der Waals surface area contributed by atoms with Crippen LogP contribution in [0.15, 0.2) is 53.1 Å². The van der Waals surface area contributed by atoms with Crippen LogP contribution >= 0.6 is 0 Å². The summed E-state index contributed by atoms with van der Waals surface area (Å²) in [6, 6.07) is 13.2. The molecule has 4 rings (SSSR count). The van der Waals surface area contributed by atoms with Gasteiger partial charge in [-0.1, -0.05) is 18.2 Å². The summed E-state index contributed by atoms with van der Waals surface area (Å²) in [5.74, 6) is 1.31. The fourth-order valence-electron chi connectivity index (χ4n) is 2.80. The van der Waals surface area contributed by atoms with Crippen LogP contribution in [0.4, 0.5) is 5.69 Å². The SMILES string of the molecule is CC1=NN(c2ccccc2)C(=O)/C1=C\c1cc2c(cc1C)OCO2. The lowest BCUT2D eigenvalue weighted by Crippen LogP contribution is -2.21. The molecule has 0 bridgehead atoms. The maximum absolute atomic E-state index is 12.8. The molecule has 2 aliphatic rings. The molecule has 2 aliphatic heterocycles. The van der Waals surface area contributed by atoms with Crippen molar-refractivity contribution in [3.05, 3.63) is 59.2 Å². The van der Waals surface area contributed by atoms with Crippen LogP contribution in [0, 0.1) is 6.92 Å². The molecule has 0 atom stereocenters. The number of ether oxygens (including phenoxy) is 2. The number of fused-ring (bicyclic) bond motifs is 1. The van der Waals surface area contributed by atoms with Gasteiger partial charge in [0.25, 0.3) is 5.91 Å². The normalized spacial score (nSPS) is 17.6. The van der Waals surface area contributed by atoms with Gasteiger partial charge in [0.1, 0.15) is 0 Å². The Labute approximate surface area is 139 Å². The van der Waals surface area contributed by atoms with Gasteiger partial charge in [-0.3, -0.25) is 4.79 Å². The Balaban J connectivity index is 1.71. The highest BCUT2D eigenvalue weighted by atomic mass is 16.7. The molecule has 0 spiro atoms. The highest BCUT2D eigenvalue weighted by Crippen LogP contribution is 2.36. The average molecular weight is 320 g/mol. The summed E-state index contributed by atoms with van der Waals surface area (Å²) in [4.78, 5) is 12.8. The Morgan fingerprint density at radius 1 is 1.08 bits per heavy atom. The molecule has 0 N–H and O–H groups in total. The van der Waals surface area contributed by atoms with Crippen LogP contribution in [0.1, 0.15) is 18.1 Å². The first-order chi connectivity index (χ1) is 11.6. The molecule has 0 fully saturated rings. The molecule has 0 aromatic heterocycles. The van der Waals surface area contributed by atoms with Crippen molar-refractivity contribution in [2.45, 2.75) is 13.8 Å². The number of carbonyl (C=O) groups is 1. The molecule has 5 nitrogen and oxygen atoms in total. The third-order valence-corrected chi connectivity index (χ3v) is 4.12. The largest absolute Gasteiger partial charge is 0.454 e. The van der Waals surface area contributed by atoms with E-state index in [1.54, 1.807) is 0 Å². The van der Waals surface area contributed by atoms with Crippen molar-refractivity contribution < 1.29 is 14.3 Å². The van der Waals surface area contributed by atoms with Crippen molar-refractivity contribution in [3.63, 3.8) is 0 Å². The molecule has 0 radical (unpaired) electrons. The summed E-state index contributed by atoms with van der Waals surface area (Å²) in [6.45, 7) is 4.06. The first-order valence-electron chi connectivity index (χ1n) is 7.70. The lowest BCUT2D eigenvalue weighted by atomic mass is 10.0. The van der Waals surface area contributed by atoms with E-state index in [2.05, 4.69) is 5.10 Å². The third-order valence-electron chi connectivity index (χ3n) is 4.12. The molecule has 0 aliphatic carbocycles. The van der Waals surface area contributed by atoms with E-state index in [1.807, 2.05) is 62.4 Å². The van der Waals surface area contributed by atoms with E-state index in [1.165, 1.54) is 5.01 Å². The van der Waals surface area contributed by atoms with Crippen molar-refractivity contribution in [2.75, 3.05) is 11.8 Å². The van der Waals surface area contributed by atoms with Gasteiger partial charge in [-0.2, -0.15) is 10.1 Å². The predicted octanol–water partition coefficient (Wildman–Crippen LogP) is 3.53. The minimum atomic E-state index is -0.129. The number of nitrogens with zero attached hydrogens (tertiary/aromatic N) is 2. The number of rotatable bonds is 2. The van der Waals surface area contributed by atoms with Gasteiger partial charge in [-0.05, 0) is 55.3 Å². The van der Waals surface area contributed by atoms with Crippen LogP contribution in [0.2, 0.25) is 0 Å². The monoisotopic (exact) mass is 320 g/mol. The van der Waals surface area contributed by atoms with E-state index in [-0.39, 0.29) is 12.7 Å². The zero-order valence-corrected chi connectivity index (χ0v) is 13.4. The first-order valence-corrected chi connectivity index (χ1v) is 7.70. The van der Waals surface area contributed by atoms with Crippen LogP contribution < -0.4 is 14.5 Å². The Kier molecular flexibility index (Phi) is 3.34. The van der Waals surface area contributed by atoms with Crippen LogP contribution in [-0.4, -0.2) is 18.4 Å². The molecule has 5 heteroatoms. The van der Waals surface area contributed by atoms with Crippen molar-refractivity contribution in [3.8, 4) is 11.5 Å². The molecule has 0 unspecified atom stereocenters. The highest BCUT2D eigenvalue weighted by Gasteiger charge is 2.29. The molecule has 2 aromatic carbocycles. The van der Waals surface area contributed by atoms with E-state index in [0.29, 0.717) is 17.0 Å². The highest BCUT2D eigenvalue weighted by molar-refractivity contribution is 6.32. The van der Waals surface area contributed by atoms with Crippen molar-refractivity contribution in [1.29, 1.82) is 0 Å². The van der Waals surface area contributed by atoms with Gasteiger partial charge in [-0.15, -0.1) is 0 Å². The molecule has 2 aromatic rings. The Bertz CT molecular complexity index is 885. The number of hydrogen-bond donors (Lipinski definition) is 0. The van der Waals surface area contributed by atoms with Crippen LogP contribution in [-0.2, 0) is 4.79 Å². The molecule has 2 heterocycles. The van der Waals surface area contributed by atoms with Gasteiger partial charge in [0, 0.05) is 0 Å². The maximum Gasteiger partial charge on any atom is 0.280 e. The number of para-hydroxylation sites is 1.